The highest BCUT2D eigenvalue weighted by molar-refractivity contribution is 6.51. The van der Waals surface area contributed by atoms with Crippen LogP contribution in [0.4, 0.5) is 5.69 Å². The highest BCUT2D eigenvalue weighted by Gasteiger charge is 2.16. The Morgan fingerprint density at radius 1 is 0.852 bits per heavy atom. The maximum atomic E-state index is 12.8. The summed E-state index contributed by atoms with van der Waals surface area (Å²) in [6.45, 7) is 0. The van der Waals surface area contributed by atoms with Crippen LogP contribution in [0.2, 0.25) is 0 Å². The summed E-state index contributed by atoms with van der Waals surface area (Å²) >= 11 is 0. The van der Waals surface area contributed by atoms with Gasteiger partial charge in [-0.3, -0.25) is 14.9 Å². The van der Waals surface area contributed by atoms with Gasteiger partial charge >= 0.3 is 0 Å². The first-order valence-electron chi connectivity index (χ1n) is 8.16. The van der Waals surface area contributed by atoms with Gasteiger partial charge in [0.25, 0.3) is 5.69 Å². The Balaban J connectivity index is 1.94. The SMILES string of the molecule is O=C(C(=NN=Cc1cccc([N+](=O)[O-])c1)c1ccccc1)c1ccccc1. The summed E-state index contributed by atoms with van der Waals surface area (Å²) in [4.78, 5) is 23.2. The summed E-state index contributed by atoms with van der Waals surface area (Å²) in [7, 11) is 0. The molecule has 27 heavy (non-hydrogen) atoms. The number of hydrogen-bond acceptors (Lipinski definition) is 5. The van der Waals surface area contributed by atoms with Crippen LogP contribution in [0.25, 0.3) is 0 Å². The highest BCUT2D eigenvalue weighted by atomic mass is 16.6. The number of hydrogen-bond donors (Lipinski definition) is 0. The first-order chi connectivity index (χ1) is 13.1. The number of carbonyl (C=O) groups is 1. The summed E-state index contributed by atoms with van der Waals surface area (Å²) in [5, 5.41) is 18.9. The Hall–Kier alpha value is -3.93. The van der Waals surface area contributed by atoms with Gasteiger partial charge in [-0.1, -0.05) is 72.8 Å². The number of non-ortho nitro benzene ring substituents is 1. The number of Topliss-reactive ketones (excluding diaryl/α,β-unsaturated/α-hetero) is 1. The van der Waals surface area contributed by atoms with Crippen LogP contribution in [0.5, 0.6) is 0 Å². The van der Waals surface area contributed by atoms with E-state index in [2.05, 4.69) is 10.2 Å². The number of nitrogens with zero attached hydrogens (tertiary/aromatic N) is 3. The third kappa shape index (κ3) is 4.58. The van der Waals surface area contributed by atoms with E-state index in [1.807, 2.05) is 24.3 Å². The molecule has 0 aliphatic heterocycles. The van der Waals surface area contributed by atoms with Crippen LogP contribution in [0.3, 0.4) is 0 Å². The summed E-state index contributed by atoms with van der Waals surface area (Å²) in [5.41, 5.74) is 1.83. The molecular formula is C21H15N3O3. The maximum Gasteiger partial charge on any atom is 0.270 e. The van der Waals surface area contributed by atoms with Gasteiger partial charge in [0.15, 0.2) is 0 Å². The molecule has 6 nitrogen and oxygen atoms in total. The van der Waals surface area contributed by atoms with Crippen molar-refractivity contribution in [3.05, 3.63) is 112 Å². The van der Waals surface area contributed by atoms with Gasteiger partial charge in [-0.25, -0.2) is 0 Å². The standard InChI is InChI=1S/C21H15N3O3/c25-21(18-11-5-2-6-12-18)20(17-9-3-1-4-10-17)23-22-15-16-8-7-13-19(14-16)24(26)27/h1-15H. The Morgan fingerprint density at radius 2 is 1.48 bits per heavy atom. The zero-order valence-electron chi connectivity index (χ0n) is 14.2. The zero-order valence-corrected chi connectivity index (χ0v) is 14.2. The molecule has 0 radical (unpaired) electrons. The van der Waals surface area contributed by atoms with Crippen molar-refractivity contribution in [2.75, 3.05) is 0 Å². The molecule has 3 aromatic rings. The number of rotatable bonds is 6. The third-order valence-electron chi connectivity index (χ3n) is 3.74. The average molecular weight is 357 g/mol. The molecule has 0 aromatic heterocycles. The fraction of sp³-hybridized carbons (Fsp3) is 0. The normalized spacial score (nSPS) is 11.5. The van der Waals surface area contributed by atoms with E-state index in [0.717, 1.165) is 0 Å². The molecule has 0 N–H and O–H groups in total. The van der Waals surface area contributed by atoms with Gasteiger partial charge in [0, 0.05) is 28.8 Å². The topological polar surface area (TPSA) is 84.9 Å². The molecule has 0 heterocycles. The Kier molecular flexibility index (Phi) is 5.59. The average Bonchev–Trinajstić information content (AvgIpc) is 2.72. The predicted molar refractivity (Wildman–Crippen MR) is 104 cm³/mol. The van der Waals surface area contributed by atoms with Crippen LogP contribution in [0.15, 0.2) is 95.1 Å². The van der Waals surface area contributed by atoms with E-state index in [9.17, 15) is 14.9 Å². The van der Waals surface area contributed by atoms with Gasteiger partial charge in [0.1, 0.15) is 5.71 Å². The van der Waals surface area contributed by atoms with Crippen LogP contribution in [-0.2, 0) is 0 Å². The van der Waals surface area contributed by atoms with E-state index in [4.69, 9.17) is 0 Å². The molecule has 132 valence electrons. The summed E-state index contributed by atoms with van der Waals surface area (Å²) in [6, 6.07) is 23.9. The van der Waals surface area contributed by atoms with Crippen LogP contribution in [-0.4, -0.2) is 22.6 Å². The molecule has 3 rings (SSSR count). The van der Waals surface area contributed by atoms with Crippen molar-refractivity contribution in [3.8, 4) is 0 Å². The molecule has 0 amide bonds. The Bertz CT molecular complexity index is 1010. The highest BCUT2D eigenvalue weighted by Crippen LogP contribution is 2.12. The molecule has 0 saturated heterocycles. The van der Waals surface area contributed by atoms with Crippen molar-refractivity contribution in [2.24, 2.45) is 10.2 Å². The minimum Gasteiger partial charge on any atom is -0.287 e. The number of carbonyl (C=O) groups excluding carboxylic acids is 1. The molecule has 0 bridgehead atoms. The Labute approximate surface area is 155 Å². The minimum atomic E-state index is -0.477. The molecule has 0 atom stereocenters. The number of nitro groups is 1. The quantitative estimate of drug-likeness (QED) is 0.285. The van der Waals surface area contributed by atoms with Gasteiger partial charge in [-0.2, -0.15) is 5.10 Å². The van der Waals surface area contributed by atoms with Crippen LogP contribution < -0.4 is 0 Å². The molecule has 0 aliphatic rings. The summed E-state index contributed by atoms with van der Waals surface area (Å²) < 4.78 is 0. The molecule has 6 heteroatoms. The van der Waals surface area contributed by atoms with Crippen molar-refractivity contribution in [1.29, 1.82) is 0 Å². The monoisotopic (exact) mass is 357 g/mol. The van der Waals surface area contributed by atoms with Gasteiger partial charge in [0.2, 0.25) is 5.78 Å². The second-order valence-electron chi connectivity index (χ2n) is 5.61. The second-order valence-corrected chi connectivity index (χ2v) is 5.61. The van der Waals surface area contributed by atoms with Crippen molar-refractivity contribution >= 4 is 23.4 Å². The Morgan fingerprint density at radius 3 is 2.11 bits per heavy atom. The van der Waals surface area contributed by atoms with E-state index < -0.39 is 4.92 Å². The van der Waals surface area contributed by atoms with Crippen LogP contribution in [0, 0.1) is 10.1 Å². The number of ketones is 1. The molecule has 0 spiro atoms. The van der Waals surface area contributed by atoms with Crippen molar-refractivity contribution in [1.82, 2.24) is 0 Å². The molecule has 0 saturated carbocycles. The van der Waals surface area contributed by atoms with Crippen molar-refractivity contribution in [3.63, 3.8) is 0 Å². The first-order valence-corrected chi connectivity index (χ1v) is 8.16. The maximum absolute atomic E-state index is 12.8. The lowest BCUT2D eigenvalue weighted by molar-refractivity contribution is -0.384. The first kappa shape index (κ1) is 17.9. The van der Waals surface area contributed by atoms with Gasteiger partial charge in [-0.15, -0.1) is 5.10 Å². The summed E-state index contributed by atoms with van der Waals surface area (Å²) in [6.07, 6.45) is 1.38. The van der Waals surface area contributed by atoms with Crippen molar-refractivity contribution in [2.45, 2.75) is 0 Å². The van der Waals surface area contributed by atoms with E-state index in [0.29, 0.717) is 16.7 Å². The molecule has 3 aromatic carbocycles. The lowest BCUT2D eigenvalue weighted by Crippen LogP contribution is -2.15. The van der Waals surface area contributed by atoms with Gasteiger partial charge < -0.3 is 0 Å². The van der Waals surface area contributed by atoms with E-state index in [1.165, 1.54) is 18.3 Å². The fourth-order valence-electron chi connectivity index (χ4n) is 2.43. The van der Waals surface area contributed by atoms with E-state index in [-0.39, 0.29) is 17.2 Å². The second kappa shape index (κ2) is 8.44. The smallest absolute Gasteiger partial charge is 0.270 e. The zero-order chi connectivity index (χ0) is 19.1. The van der Waals surface area contributed by atoms with Crippen LogP contribution in [0.1, 0.15) is 21.5 Å². The summed E-state index contributed by atoms with van der Waals surface area (Å²) in [5.74, 6) is -0.252. The number of benzene rings is 3. The third-order valence-corrected chi connectivity index (χ3v) is 3.74. The lowest BCUT2D eigenvalue weighted by atomic mass is 10.0. The van der Waals surface area contributed by atoms with Gasteiger partial charge in [0.05, 0.1) is 11.1 Å². The molecular weight excluding hydrogens is 342 g/mol. The number of nitro benzene ring substituents is 1. The van der Waals surface area contributed by atoms with Crippen LogP contribution >= 0.6 is 0 Å². The lowest BCUT2D eigenvalue weighted by Gasteiger charge is -2.04. The molecule has 0 fully saturated rings. The molecule has 0 unspecified atom stereocenters. The predicted octanol–water partition coefficient (Wildman–Crippen LogP) is 4.30. The van der Waals surface area contributed by atoms with E-state index >= 15 is 0 Å². The minimum absolute atomic E-state index is 0.0356. The van der Waals surface area contributed by atoms with Gasteiger partial charge in [-0.05, 0) is 0 Å². The molecule has 0 aliphatic carbocycles. The fourth-order valence-corrected chi connectivity index (χ4v) is 2.43. The van der Waals surface area contributed by atoms with Crippen molar-refractivity contribution < 1.29 is 9.72 Å². The largest absolute Gasteiger partial charge is 0.287 e. The van der Waals surface area contributed by atoms with E-state index in [1.54, 1.807) is 48.5 Å².